The van der Waals surface area contributed by atoms with E-state index in [9.17, 15) is 9.18 Å². The van der Waals surface area contributed by atoms with E-state index < -0.39 is 5.41 Å². The van der Waals surface area contributed by atoms with Crippen LogP contribution < -0.4 is 0 Å². The third-order valence-electron chi connectivity index (χ3n) is 2.47. The van der Waals surface area contributed by atoms with Crippen molar-refractivity contribution in [3.8, 4) is 0 Å². The Balaban J connectivity index is 2.63. The van der Waals surface area contributed by atoms with Gasteiger partial charge in [0.05, 0.1) is 5.41 Å². The van der Waals surface area contributed by atoms with Gasteiger partial charge >= 0.3 is 0 Å². The summed E-state index contributed by atoms with van der Waals surface area (Å²) in [5.41, 5.74) is 1.09. The second-order valence-electron chi connectivity index (χ2n) is 3.64. The molecule has 0 aliphatic heterocycles. The first kappa shape index (κ1) is 7.47. The first-order valence-electron chi connectivity index (χ1n) is 3.88. The predicted molar refractivity (Wildman–Crippen MR) is 43.8 cm³/mol. The monoisotopic (exact) mass is 164 g/mol. The maximum absolute atomic E-state index is 12.7. The van der Waals surface area contributed by atoms with Crippen molar-refractivity contribution in [1.82, 2.24) is 0 Å². The molecule has 1 aliphatic rings. The highest BCUT2D eigenvalue weighted by Gasteiger charge is 2.43. The molecule has 0 fully saturated rings. The fraction of sp³-hybridized carbons (Fsp3) is 0.300. The van der Waals surface area contributed by atoms with Gasteiger partial charge in [0.25, 0.3) is 0 Å². The number of ketones is 1. The van der Waals surface area contributed by atoms with Gasteiger partial charge in [0.2, 0.25) is 0 Å². The number of halogens is 1. The molecule has 2 rings (SSSR count). The number of rotatable bonds is 0. The summed E-state index contributed by atoms with van der Waals surface area (Å²) in [6, 6.07) is 4.39. The van der Waals surface area contributed by atoms with Crippen LogP contribution in [0.4, 0.5) is 4.39 Å². The Morgan fingerprint density at radius 2 is 2.00 bits per heavy atom. The third-order valence-corrected chi connectivity index (χ3v) is 2.47. The second kappa shape index (κ2) is 1.94. The topological polar surface area (TPSA) is 17.1 Å². The highest BCUT2D eigenvalue weighted by molar-refractivity contribution is 6.13. The Morgan fingerprint density at radius 1 is 1.33 bits per heavy atom. The highest BCUT2D eigenvalue weighted by atomic mass is 19.1. The van der Waals surface area contributed by atoms with Crippen LogP contribution in [0.15, 0.2) is 18.2 Å². The lowest BCUT2D eigenvalue weighted by molar-refractivity contribution is 0.0864. The minimum atomic E-state index is -0.400. The summed E-state index contributed by atoms with van der Waals surface area (Å²) >= 11 is 0. The van der Waals surface area contributed by atoms with Crippen LogP contribution in [-0.4, -0.2) is 5.78 Å². The van der Waals surface area contributed by atoms with Crippen molar-refractivity contribution < 1.29 is 9.18 Å². The summed E-state index contributed by atoms with van der Waals surface area (Å²) < 4.78 is 12.7. The molecule has 1 nitrogen and oxygen atoms in total. The van der Waals surface area contributed by atoms with E-state index in [0.717, 1.165) is 5.56 Å². The molecule has 2 heteroatoms. The van der Waals surface area contributed by atoms with Crippen molar-refractivity contribution >= 4 is 5.78 Å². The van der Waals surface area contributed by atoms with E-state index in [1.54, 1.807) is 6.07 Å². The van der Waals surface area contributed by atoms with Crippen molar-refractivity contribution in [3.05, 3.63) is 35.1 Å². The van der Waals surface area contributed by atoms with Gasteiger partial charge in [-0.25, -0.2) is 4.39 Å². The Hall–Kier alpha value is -1.18. The lowest BCUT2D eigenvalue weighted by Gasteiger charge is -2.35. The van der Waals surface area contributed by atoms with Crippen LogP contribution in [0.3, 0.4) is 0 Å². The fourth-order valence-electron chi connectivity index (χ4n) is 1.65. The van der Waals surface area contributed by atoms with Gasteiger partial charge in [-0.15, -0.1) is 0 Å². The third kappa shape index (κ3) is 0.697. The first-order valence-corrected chi connectivity index (χ1v) is 3.88. The molecule has 0 saturated heterocycles. The van der Waals surface area contributed by atoms with E-state index in [-0.39, 0.29) is 11.6 Å². The molecular weight excluding hydrogens is 155 g/mol. The van der Waals surface area contributed by atoms with Gasteiger partial charge in [0, 0.05) is 5.56 Å². The lowest BCUT2D eigenvalue weighted by Crippen LogP contribution is -2.40. The standard InChI is InChI=1S/C10H9FO/c1-10(2)8-4-3-6(11)5-7(8)9(10)12/h3-5H,1-2H3. The number of hydrogen-bond donors (Lipinski definition) is 0. The number of fused-ring (bicyclic) bond motifs is 1. The molecule has 0 heterocycles. The van der Waals surface area contributed by atoms with Gasteiger partial charge < -0.3 is 0 Å². The average Bonchev–Trinajstić information content (AvgIpc) is 2.03. The van der Waals surface area contributed by atoms with Gasteiger partial charge in [-0.3, -0.25) is 4.79 Å². The Labute approximate surface area is 70.2 Å². The maximum Gasteiger partial charge on any atom is 0.173 e. The summed E-state index contributed by atoms with van der Waals surface area (Å²) in [4.78, 5) is 11.4. The van der Waals surface area contributed by atoms with Gasteiger partial charge in [-0.05, 0) is 31.5 Å². The molecule has 0 bridgehead atoms. The predicted octanol–water partition coefficient (Wildman–Crippen LogP) is 2.30. The lowest BCUT2D eigenvalue weighted by atomic mass is 9.65. The van der Waals surface area contributed by atoms with Crippen LogP contribution in [0.2, 0.25) is 0 Å². The molecular formula is C10H9FO. The summed E-state index contributed by atoms with van der Waals surface area (Å²) in [6.45, 7) is 3.71. The van der Waals surface area contributed by atoms with E-state index >= 15 is 0 Å². The largest absolute Gasteiger partial charge is 0.293 e. The quantitative estimate of drug-likeness (QED) is 0.575. The number of carbonyl (C=O) groups excluding carboxylic acids is 1. The summed E-state index contributed by atoms with van der Waals surface area (Å²) in [6.07, 6.45) is 0. The minimum Gasteiger partial charge on any atom is -0.293 e. The molecule has 1 aliphatic carbocycles. The van der Waals surface area contributed by atoms with Crippen molar-refractivity contribution in [3.63, 3.8) is 0 Å². The van der Waals surface area contributed by atoms with E-state index in [2.05, 4.69) is 0 Å². The minimum absolute atomic E-state index is 0.0389. The van der Waals surface area contributed by atoms with Crippen LogP contribution in [0.25, 0.3) is 0 Å². The van der Waals surface area contributed by atoms with Crippen LogP contribution in [-0.2, 0) is 5.41 Å². The molecule has 0 N–H and O–H groups in total. The molecule has 0 atom stereocenters. The summed E-state index contributed by atoms with van der Waals surface area (Å²) in [7, 11) is 0. The zero-order valence-electron chi connectivity index (χ0n) is 7.02. The van der Waals surface area contributed by atoms with Gasteiger partial charge in [-0.1, -0.05) is 6.07 Å². The van der Waals surface area contributed by atoms with E-state index in [1.807, 2.05) is 13.8 Å². The van der Waals surface area contributed by atoms with Crippen LogP contribution in [0.1, 0.15) is 29.8 Å². The molecule has 0 saturated carbocycles. The van der Waals surface area contributed by atoms with Crippen LogP contribution in [0.5, 0.6) is 0 Å². The van der Waals surface area contributed by atoms with Crippen molar-refractivity contribution in [1.29, 1.82) is 0 Å². The van der Waals surface area contributed by atoms with Gasteiger partial charge in [-0.2, -0.15) is 0 Å². The first-order chi connectivity index (χ1) is 5.53. The van der Waals surface area contributed by atoms with E-state index in [4.69, 9.17) is 0 Å². The van der Waals surface area contributed by atoms with Gasteiger partial charge in [0.1, 0.15) is 5.82 Å². The number of benzene rings is 1. The molecule has 0 spiro atoms. The molecule has 0 aromatic heterocycles. The maximum atomic E-state index is 12.7. The molecule has 62 valence electrons. The van der Waals surface area contributed by atoms with E-state index in [1.165, 1.54) is 12.1 Å². The van der Waals surface area contributed by atoms with Crippen molar-refractivity contribution in [2.75, 3.05) is 0 Å². The Kier molecular flexibility index (Phi) is 1.21. The van der Waals surface area contributed by atoms with Crippen LogP contribution >= 0.6 is 0 Å². The van der Waals surface area contributed by atoms with Crippen molar-refractivity contribution in [2.45, 2.75) is 19.3 Å². The Morgan fingerprint density at radius 3 is 2.67 bits per heavy atom. The molecule has 12 heavy (non-hydrogen) atoms. The molecule has 1 aromatic carbocycles. The zero-order chi connectivity index (χ0) is 8.93. The SMILES string of the molecule is CC1(C)C(=O)c2cc(F)ccc21. The normalized spacial score (nSPS) is 18.4. The van der Waals surface area contributed by atoms with Crippen molar-refractivity contribution in [2.24, 2.45) is 0 Å². The van der Waals surface area contributed by atoms with E-state index in [0.29, 0.717) is 5.56 Å². The second-order valence-corrected chi connectivity index (χ2v) is 3.64. The van der Waals surface area contributed by atoms with Gasteiger partial charge in [0.15, 0.2) is 5.78 Å². The number of hydrogen-bond acceptors (Lipinski definition) is 1. The smallest absolute Gasteiger partial charge is 0.173 e. The average molecular weight is 164 g/mol. The fourth-order valence-corrected chi connectivity index (χ4v) is 1.65. The Bertz CT molecular complexity index is 366. The number of Topliss-reactive ketones (excluding diaryl/α,β-unsaturated/α-hetero) is 1. The highest BCUT2D eigenvalue weighted by Crippen LogP contribution is 2.40. The van der Waals surface area contributed by atoms with Crippen LogP contribution in [0, 0.1) is 5.82 Å². The summed E-state index contributed by atoms with van der Waals surface area (Å²) in [5.74, 6) is -0.297. The summed E-state index contributed by atoms with van der Waals surface area (Å²) in [5, 5.41) is 0. The molecule has 1 aromatic rings. The zero-order valence-corrected chi connectivity index (χ0v) is 7.02. The molecule has 0 amide bonds. The molecule has 0 radical (unpaired) electrons. The molecule has 0 unspecified atom stereocenters. The number of carbonyl (C=O) groups is 1.